The summed E-state index contributed by atoms with van der Waals surface area (Å²) in [6, 6.07) is 21.9. The van der Waals surface area contributed by atoms with Crippen molar-refractivity contribution in [1.82, 2.24) is 9.36 Å². The summed E-state index contributed by atoms with van der Waals surface area (Å²) in [4.78, 5) is 14.6. The highest BCUT2D eigenvalue weighted by molar-refractivity contribution is 7.91. The predicted octanol–water partition coefficient (Wildman–Crippen LogP) is 3.23. The lowest BCUT2D eigenvalue weighted by molar-refractivity contribution is 0.596. The maximum absolute atomic E-state index is 12.4. The van der Waals surface area contributed by atoms with Crippen LogP contribution in [0.2, 0.25) is 0 Å². The molecule has 1 aromatic heterocycles. The van der Waals surface area contributed by atoms with Crippen molar-refractivity contribution in [3.8, 4) is 5.69 Å². The molecule has 0 aliphatic heterocycles. The number of anilines is 3. The van der Waals surface area contributed by atoms with Gasteiger partial charge in [0.2, 0.25) is 9.84 Å². The number of hydrogen-bond donors (Lipinski definition) is 2. The third kappa shape index (κ3) is 4.99. The van der Waals surface area contributed by atoms with E-state index in [0.29, 0.717) is 11.4 Å². The van der Waals surface area contributed by atoms with Gasteiger partial charge in [-0.05, 0) is 67.6 Å². The fraction of sp³-hybridized carbons (Fsp3) is 0.160. The fourth-order valence-corrected chi connectivity index (χ4v) is 4.76. The van der Waals surface area contributed by atoms with Gasteiger partial charge in [-0.25, -0.2) is 13.1 Å². The topological polar surface area (TPSA) is 116 Å². The number of para-hydroxylation sites is 1. The van der Waals surface area contributed by atoms with E-state index in [1.807, 2.05) is 68.0 Å². The van der Waals surface area contributed by atoms with Crippen LogP contribution in [0.4, 0.5) is 17.1 Å². The zero-order chi connectivity index (χ0) is 25.0. The maximum Gasteiger partial charge on any atom is 0.295 e. The molecule has 0 spiro atoms. The molecule has 4 rings (SSSR count). The molecular formula is C25H29N5O3S. The maximum atomic E-state index is 12.4. The Morgan fingerprint density at radius 1 is 0.765 bits per heavy atom. The smallest absolute Gasteiger partial charge is 0.295 e. The summed E-state index contributed by atoms with van der Waals surface area (Å²) in [6.45, 7) is 1.95. The Morgan fingerprint density at radius 3 is 1.59 bits per heavy atom. The Hall–Kier alpha value is -3.98. The monoisotopic (exact) mass is 479 g/mol. The molecule has 34 heavy (non-hydrogen) atoms. The first-order valence-corrected chi connectivity index (χ1v) is 12.0. The number of benzene rings is 3. The van der Waals surface area contributed by atoms with Gasteiger partial charge in [0.05, 0.1) is 21.2 Å². The van der Waals surface area contributed by atoms with E-state index in [1.54, 1.807) is 28.9 Å². The first-order chi connectivity index (χ1) is 16.0. The molecule has 4 aromatic rings. The van der Waals surface area contributed by atoms with Gasteiger partial charge >= 0.3 is 0 Å². The molecule has 0 saturated carbocycles. The van der Waals surface area contributed by atoms with Crippen molar-refractivity contribution < 1.29 is 8.42 Å². The first kappa shape index (κ1) is 24.7. The van der Waals surface area contributed by atoms with Gasteiger partial charge < -0.3 is 16.4 Å². The molecular weight excluding hydrogens is 450 g/mol. The van der Waals surface area contributed by atoms with Crippen LogP contribution in [0, 0.1) is 6.92 Å². The zero-order valence-electron chi connectivity index (χ0n) is 19.6. The van der Waals surface area contributed by atoms with Crippen molar-refractivity contribution in [2.45, 2.75) is 16.7 Å². The molecule has 0 fully saturated rings. The highest BCUT2D eigenvalue weighted by atomic mass is 32.2. The number of sulfone groups is 1. The van der Waals surface area contributed by atoms with Gasteiger partial charge in [-0.15, -0.1) is 0 Å². The molecule has 178 valence electrons. The SMILES string of the molecule is Cc1c(N(C)C)c(=O)n(-c2ccccc2)n1C.Nc1ccc(S(=O)(=O)c2ccc(N)cc2)cc1. The van der Waals surface area contributed by atoms with E-state index < -0.39 is 9.84 Å². The summed E-state index contributed by atoms with van der Waals surface area (Å²) in [7, 11) is 2.19. The van der Waals surface area contributed by atoms with E-state index in [1.165, 1.54) is 24.3 Å². The first-order valence-electron chi connectivity index (χ1n) is 10.5. The van der Waals surface area contributed by atoms with Crippen molar-refractivity contribution in [3.63, 3.8) is 0 Å². The van der Waals surface area contributed by atoms with Crippen molar-refractivity contribution in [2.24, 2.45) is 7.05 Å². The van der Waals surface area contributed by atoms with Crippen molar-refractivity contribution in [2.75, 3.05) is 30.5 Å². The van der Waals surface area contributed by atoms with Gasteiger partial charge in [-0.2, -0.15) is 0 Å². The van der Waals surface area contributed by atoms with E-state index in [9.17, 15) is 13.2 Å². The number of nitrogen functional groups attached to an aromatic ring is 2. The summed E-state index contributed by atoms with van der Waals surface area (Å²) in [5, 5.41) is 0. The molecule has 1 heterocycles. The van der Waals surface area contributed by atoms with Crippen LogP contribution in [-0.4, -0.2) is 31.9 Å². The third-order valence-corrected chi connectivity index (χ3v) is 7.14. The lowest BCUT2D eigenvalue weighted by Gasteiger charge is -2.09. The fourth-order valence-electron chi connectivity index (χ4n) is 3.50. The van der Waals surface area contributed by atoms with E-state index in [0.717, 1.165) is 17.1 Å². The van der Waals surface area contributed by atoms with Crippen LogP contribution in [0.5, 0.6) is 0 Å². The Bertz CT molecular complexity index is 1370. The molecule has 0 bridgehead atoms. The largest absolute Gasteiger partial charge is 0.399 e. The van der Waals surface area contributed by atoms with Gasteiger partial charge in [0.15, 0.2) is 0 Å². The second-order valence-electron chi connectivity index (χ2n) is 7.95. The van der Waals surface area contributed by atoms with Crippen molar-refractivity contribution in [3.05, 3.63) is 94.9 Å². The van der Waals surface area contributed by atoms with Crippen LogP contribution in [-0.2, 0) is 16.9 Å². The van der Waals surface area contributed by atoms with Gasteiger partial charge in [0, 0.05) is 32.5 Å². The number of rotatable bonds is 4. The summed E-state index contributed by atoms with van der Waals surface area (Å²) < 4.78 is 27.9. The molecule has 0 saturated heterocycles. The highest BCUT2D eigenvalue weighted by Crippen LogP contribution is 2.22. The summed E-state index contributed by atoms with van der Waals surface area (Å²) in [5.74, 6) is 0. The molecule has 0 radical (unpaired) electrons. The van der Waals surface area contributed by atoms with Crippen LogP contribution in [0.15, 0.2) is 93.4 Å². The number of nitrogens with zero attached hydrogens (tertiary/aromatic N) is 3. The van der Waals surface area contributed by atoms with E-state index >= 15 is 0 Å². The number of hydrogen-bond acceptors (Lipinski definition) is 6. The molecule has 0 unspecified atom stereocenters. The third-order valence-electron chi connectivity index (χ3n) is 5.35. The second kappa shape index (κ2) is 9.88. The Morgan fingerprint density at radius 2 is 1.21 bits per heavy atom. The lowest BCUT2D eigenvalue weighted by atomic mass is 10.3. The Balaban J connectivity index is 0.000000191. The second-order valence-corrected chi connectivity index (χ2v) is 9.90. The minimum absolute atomic E-state index is 0.0150. The summed E-state index contributed by atoms with van der Waals surface area (Å²) in [6.07, 6.45) is 0. The average molecular weight is 480 g/mol. The number of aromatic nitrogens is 2. The zero-order valence-corrected chi connectivity index (χ0v) is 20.5. The van der Waals surface area contributed by atoms with E-state index in [2.05, 4.69) is 0 Å². The van der Waals surface area contributed by atoms with Crippen molar-refractivity contribution >= 4 is 26.9 Å². The van der Waals surface area contributed by atoms with Crippen LogP contribution in [0.25, 0.3) is 5.69 Å². The predicted molar refractivity (Wildman–Crippen MR) is 137 cm³/mol. The molecule has 8 nitrogen and oxygen atoms in total. The Kier molecular flexibility index (Phi) is 7.17. The van der Waals surface area contributed by atoms with Crippen LogP contribution < -0.4 is 21.9 Å². The van der Waals surface area contributed by atoms with Gasteiger partial charge in [0.25, 0.3) is 5.56 Å². The minimum Gasteiger partial charge on any atom is -0.399 e. The van der Waals surface area contributed by atoms with Crippen LogP contribution in [0.3, 0.4) is 0 Å². The van der Waals surface area contributed by atoms with Gasteiger partial charge in [0.1, 0.15) is 5.69 Å². The van der Waals surface area contributed by atoms with E-state index in [4.69, 9.17) is 11.5 Å². The van der Waals surface area contributed by atoms with Gasteiger partial charge in [-0.3, -0.25) is 9.48 Å². The number of nitrogens with two attached hydrogens (primary N) is 2. The quantitative estimate of drug-likeness (QED) is 0.434. The summed E-state index contributed by atoms with van der Waals surface area (Å²) in [5.41, 5.74) is 14.7. The molecule has 0 amide bonds. The normalized spacial score (nSPS) is 10.9. The molecule has 0 aliphatic carbocycles. The molecule has 0 aliphatic rings. The molecule has 9 heteroatoms. The van der Waals surface area contributed by atoms with Crippen LogP contribution >= 0.6 is 0 Å². The molecule has 4 N–H and O–H groups in total. The van der Waals surface area contributed by atoms with Crippen molar-refractivity contribution in [1.29, 1.82) is 0 Å². The van der Waals surface area contributed by atoms with Crippen LogP contribution in [0.1, 0.15) is 5.69 Å². The summed E-state index contributed by atoms with van der Waals surface area (Å²) >= 11 is 0. The van der Waals surface area contributed by atoms with Gasteiger partial charge in [-0.1, -0.05) is 18.2 Å². The average Bonchev–Trinajstić information content (AvgIpc) is 3.03. The minimum atomic E-state index is -3.48. The molecule has 0 atom stereocenters. The Labute approximate surface area is 199 Å². The highest BCUT2D eigenvalue weighted by Gasteiger charge is 2.17. The molecule has 3 aromatic carbocycles. The van der Waals surface area contributed by atoms with E-state index in [-0.39, 0.29) is 15.4 Å². The standard InChI is InChI=1S/C13H17N3O.C12H12N2O2S/c1-10-12(14(2)3)13(17)16(15(10)4)11-8-6-5-7-9-11;13-9-1-5-11(6-2-9)17(15,16)12-7-3-10(14)4-8-12/h5-9H,1-4H3;1-8H,13-14H2. The lowest BCUT2D eigenvalue weighted by Crippen LogP contribution is -2.23.